The Hall–Kier alpha value is -3.01. The van der Waals surface area contributed by atoms with Crippen molar-refractivity contribution in [2.45, 2.75) is 25.2 Å². The van der Waals surface area contributed by atoms with Gasteiger partial charge in [0.1, 0.15) is 0 Å². The summed E-state index contributed by atoms with van der Waals surface area (Å²) >= 11 is 0. The summed E-state index contributed by atoms with van der Waals surface area (Å²) in [5.41, 5.74) is 7.37. The first-order valence-electron chi connectivity index (χ1n) is 8.61. The van der Waals surface area contributed by atoms with Crippen molar-refractivity contribution in [2.75, 3.05) is 0 Å². The Balaban J connectivity index is 1.74. The summed E-state index contributed by atoms with van der Waals surface area (Å²) in [6.45, 7) is 0. The molecule has 1 atom stereocenters. The van der Waals surface area contributed by atoms with E-state index in [1.165, 1.54) is 34.9 Å². The maximum atomic E-state index is 10.9. The second-order valence-electron chi connectivity index (χ2n) is 6.73. The zero-order valence-corrected chi connectivity index (χ0v) is 13.6. The van der Waals surface area contributed by atoms with E-state index in [0.717, 1.165) is 23.1 Å². The molecule has 2 aromatic carbocycles. The van der Waals surface area contributed by atoms with Crippen LogP contribution in [0.25, 0.3) is 27.6 Å². The van der Waals surface area contributed by atoms with Crippen LogP contribution >= 0.6 is 0 Å². The molecule has 0 radical (unpaired) electrons. The Morgan fingerprint density at radius 3 is 2.80 bits per heavy atom. The Kier molecular flexibility index (Phi) is 3.01. The minimum Gasteiger partial charge on any atom is -0.258 e. The van der Waals surface area contributed by atoms with Crippen LogP contribution < -0.4 is 0 Å². The van der Waals surface area contributed by atoms with Gasteiger partial charge in [-0.05, 0) is 65.8 Å². The highest BCUT2D eigenvalue weighted by Crippen LogP contribution is 2.55. The van der Waals surface area contributed by atoms with Gasteiger partial charge in [-0.1, -0.05) is 12.1 Å². The van der Waals surface area contributed by atoms with Gasteiger partial charge in [-0.15, -0.1) is 0 Å². The Bertz CT molecular complexity index is 1050. The van der Waals surface area contributed by atoms with Crippen LogP contribution in [0.4, 0.5) is 5.69 Å². The molecule has 0 bridgehead atoms. The summed E-state index contributed by atoms with van der Waals surface area (Å²) in [4.78, 5) is 15.2. The van der Waals surface area contributed by atoms with Gasteiger partial charge < -0.3 is 0 Å². The van der Waals surface area contributed by atoms with Gasteiger partial charge in [-0.3, -0.25) is 15.1 Å². The number of pyridine rings is 1. The van der Waals surface area contributed by atoms with E-state index in [9.17, 15) is 10.1 Å². The highest BCUT2D eigenvalue weighted by Gasteiger charge is 2.35. The predicted molar refractivity (Wildman–Crippen MR) is 98.4 cm³/mol. The number of nitro benzene ring substituents is 1. The van der Waals surface area contributed by atoms with Gasteiger partial charge in [0.25, 0.3) is 5.69 Å². The van der Waals surface area contributed by atoms with Crippen molar-refractivity contribution in [1.29, 1.82) is 0 Å². The van der Waals surface area contributed by atoms with E-state index in [2.05, 4.69) is 23.2 Å². The maximum Gasteiger partial charge on any atom is 0.269 e. The van der Waals surface area contributed by atoms with Gasteiger partial charge in [0.2, 0.25) is 0 Å². The quantitative estimate of drug-likeness (QED) is 0.462. The van der Waals surface area contributed by atoms with Gasteiger partial charge >= 0.3 is 0 Å². The molecule has 0 spiro atoms. The number of allylic oxidation sites excluding steroid dienone is 2. The monoisotopic (exact) mass is 328 g/mol. The van der Waals surface area contributed by atoms with Crippen LogP contribution in [0.2, 0.25) is 0 Å². The number of benzene rings is 2. The minimum absolute atomic E-state index is 0.113. The summed E-state index contributed by atoms with van der Waals surface area (Å²) < 4.78 is 0. The molecule has 0 amide bonds. The van der Waals surface area contributed by atoms with E-state index >= 15 is 0 Å². The van der Waals surface area contributed by atoms with Crippen molar-refractivity contribution in [3.8, 4) is 11.1 Å². The van der Waals surface area contributed by atoms with Crippen LogP contribution in [0.3, 0.4) is 0 Å². The molecule has 3 aromatic rings. The molecule has 122 valence electrons. The molecule has 1 aromatic heterocycles. The fraction of sp³-hybridized carbons (Fsp3) is 0.190. The van der Waals surface area contributed by atoms with Crippen molar-refractivity contribution in [3.63, 3.8) is 0 Å². The lowest BCUT2D eigenvalue weighted by atomic mass is 9.66. The van der Waals surface area contributed by atoms with E-state index in [1.54, 1.807) is 12.1 Å². The molecule has 4 heteroatoms. The van der Waals surface area contributed by atoms with Crippen LogP contribution in [-0.2, 0) is 0 Å². The molecule has 4 nitrogen and oxygen atoms in total. The summed E-state index contributed by atoms with van der Waals surface area (Å²) in [5.74, 6) is 0.546. The van der Waals surface area contributed by atoms with Crippen LogP contribution in [0.15, 0.2) is 54.7 Å². The Labute approximate surface area is 145 Å². The van der Waals surface area contributed by atoms with Crippen LogP contribution in [0, 0.1) is 10.1 Å². The van der Waals surface area contributed by atoms with Crippen LogP contribution in [0.1, 0.15) is 36.3 Å². The summed E-state index contributed by atoms with van der Waals surface area (Å²) in [5, 5.41) is 12.1. The van der Waals surface area contributed by atoms with Gasteiger partial charge in [0.15, 0.2) is 0 Å². The smallest absolute Gasteiger partial charge is 0.258 e. The second-order valence-corrected chi connectivity index (χ2v) is 6.73. The predicted octanol–water partition coefficient (Wildman–Crippen LogP) is 5.47. The molecule has 2 aliphatic rings. The highest BCUT2D eigenvalue weighted by molar-refractivity contribution is 6.06. The summed E-state index contributed by atoms with van der Waals surface area (Å²) in [7, 11) is 0. The number of nitrogens with zero attached hydrogens (tertiary/aromatic N) is 2. The van der Waals surface area contributed by atoms with E-state index < -0.39 is 0 Å². The molecule has 1 heterocycles. The van der Waals surface area contributed by atoms with Crippen LogP contribution in [-0.4, -0.2) is 9.91 Å². The first-order valence-corrected chi connectivity index (χ1v) is 8.61. The normalized spacial score (nSPS) is 18.1. The number of nitro groups is 1. The molecular formula is C21H16N2O2. The topological polar surface area (TPSA) is 56.0 Å². The van der Waals surface area contributed by atoms with Gasteiger partial charge in [-0.25, -0.2) is 0 Å². The standard InChI is InChI=1S/C21H16N2O2/c24-23(25)14-9-7-13(8-10-14)18-12-19-15-4-1-2-5-16(15)20(19)17-6-3-11-22-21(17)18/h3,5-12,15H,1-2,4H2. The number of aromatic nitrogens is 1. The zero-order valence-electron chi connectivity index (χ0n) is 13.6. The minimum atomic E-state index is -0.364. The largest absolute Gasteiger partial charge is 0.269 e. The van der Waals surface area contributed by atoms with E-state index in [1.807, 2.05) is 24.4 Å². The zero-order chi connectivity index (χ0) is 17.0. The van der Waals surface area contributed by atoms with Crippen molar-refractivity contribution in [3.05, 3.63) is 76.0 Å². The van der Waals surface area contributed by atoms with Crippen molar-refractivity contribution in [2.24, 2.45) is 0 Å². The number of non-ortho nitro benzene ring substituents is 1. The number of fused-ring (bicyclic) bond motifs is 6. The Morgan fingerprint density at radius 1 is 1.16 bits per heavy atom. The van der Waals surface area contributed by atoms with Crippen LogP contribution in [0.5, 0.6) is 0 Å². The molecule has 0 saturated carbocycles. The highest BCUT2D eigenvalue weighted by atomic mass is 16.6. The van der Waals surface area contributed by atoms with E-state index in [-0.39, 0.29) is 10.6 Å². The van der Waals surface area contributed by atoms with Crippen molar-refractivity contribution in [1.82, 2.24) is 4.98 Å². The molecule has 2 aliphatic carbocycles. The van der Waals surface area contributed by atoms with Gasteiger partial charge in [0, 0.05) is 35.2 Å². The maximum absolute atomic E-state index is 10.9. The molecule has 5 rings (SSSR count). The average molecular weight is 328 g/mol. The molecule has 0 N–H and O–H groups in total. The summed E-state index contributed by atoms with van der Waals surface area (Å²) in [6.07, 6.45) is 7.82. The lowest BCUT2D eigenvalue weighted by molar-refractivity contribution is -0.384. The molecular weight excluding hydrogens is 312 g/mol. The molecule has 0 fully saturated rings. The van der Waals surface area contributed by atoms with Crippen molar-refractivity contribution < 1.29 is 4.92 Å². The fourth-order valence-corrected chi connectivity index (χ4v) is 4.25. The van der Waals surface area contributed by atoms with E-state index in [4.69, 9.17) is 0 Å². The molecule has 1 unspecified atom stereocenters. The first-order chi connectivity index (χ1) is 12.2. The van der Waals surface area contributed by atoms with Crippen molar-refractivity contribution >= 4 is 22.2 Å². The molecule has 0 aliphatic heterocycles. The fourth-order valence-electron chi connectivity index (χ4n) is 4.25. The third-order valence-corrected chi connectivity index (χ3v) is 5.41. The lowest BCUT2D eigenvalue weighted by Crippen LogP contribution is -2.19. The number of hydrogen-bond donors (Lipinski definition) is 0. The average Bonchev–Trinajstić information content (AvgIpc) is 2.64. The number of hydrogen-bond acceptors (Lipinski definition) is 3. The first kappa shape index (κ1) is 14.3. The number of rotatable bonds is 2. The van der Waals surface area contributed by atoms with Gasteiger partial charge in [-0.2, -0.15) is 0 Å². The third-order valence-electron chi connectivity index (χ3n) is 5.41. The SMILES string of the molecule is O=[N+]([O-])c1ccc(-c2cc3c(c4cccnc24)C2=CCCCC23)cc1. The van der Waals surface area contributed by atoms with Gasteiger partial charge in [0.05, 0.1) is 10.4 Å². The lowest BCUT2D eigenvalue weighted by Gasteiger charge is -2.38. The molecule has 0 saturated heterocycles. The second kappa shape index (κ2) is 5.24. The molecule has 25 heavy (non-hydrogen) atoms. The Morgan fingerprint density at radius 2 is 2.00 bits per heavy atom. The van der Waals surface area contributed by atoms with E-state index in [0.29, 0.717) is 5.92 Å². The third kappa shape index (κ3) is 2.03. The summed E-state index contributed by atoms with van der Waals surface area (Å²) in [6, 6.07) is 13.2.